The Balaban J connectivity index is 1.65. The van der Waals surface area contributed by atoms with Crippen molar-refractivity contribution in [2.24, 2.45) is 5.41 Å². The van der Waals surface area contributed by atoms with Gasteiger partial charge in [0.15, 0.2) is 11.6 Å². The average Bonchev–Trinajstić information content (AvgIpc) is 3.15. The lowest BCUT2D eigenvalue weighted by Gasteiger charge is -2.38. The number of nitrogens with zero attached hydrogens (tertiary/aromatic N) is 3. The van der Waals surface area contributed by atoms with E-state index in [1.807, 2.05) is 0 Å². The Morgan fingerprint density at radius 1 is 1.06 bits per heavy atom. The third-order valence-electron chi connectivity index (χ3n) is 6.35. The quantitative estimate of drug-likeness (QED) is 0.565. The highest BCUT2D eigenvalue weighted by molar-refractivity contribution is 6.00. The molecule has 1 atom stereocenters. The minimum atomic E-state index is -0.340. The molecule has 0 fully saturated rings. The first-order valence-electron chi connectivity index (χ1n) is 11.1. The molecule has 3 aromatic rings. The van der Waals surface area contributed by atoms with Gasteiger partial charge in [-0.3, -0.25) is 4.79 Å². The first-order chi connectivity index (χ1) is 15.2. The van der Waals surface area contributed by atoms with Crippen LogP contribution in [0.4, 0.5) is 10.3 Å². The SMILES string of the molecule is CC(C)c1ccc(C2C3=C(CC(C)(C)CC3=O)Nc3nc(-c4ccc(F)cc4)nn32)cc1. The Bertz CT molecular complexity index is 1220. The van der Waals surface area contributed by atoms with Crippen LogP contribution in [0.1, 0.15) is 63.6 Å². The van der Waals surface area contributed by atoms with Gasteiger partial charge < -0.3 is 5.32 Å². The maximum Gasteiger partial charge on any atom is 0.226 e. The third kappa shape index (κ3) is 3.53. The fraction of sp³-hybridized carbons (Fsp3) is 0.346. The summed E-state index contributed by atoms with van der Waals surface area (Å²) in [5.74, 6) is 1.38. The number of hydrogen-bond acceptors (Lipinski definition) is 4. The van der Waals surface area contributed by atoms with Gasteiger partial charge in [-0.1, -0.05) is 52.0 Å². The van der Waals surface area contributed by atoms with Gasteiger partial charge in [0.25, 0.3) is 0 Å². The Hall–Kier alpha value is -3.28. The highest BCUT2D eigenvalue weighted by Crippen LogP contribution is 2.45. The van der Waals surface area contributed by atoms with Gasteiger partial charge in [0, 0.05) is 23.3 Å². The summed E-state index contributed by atoms with van der Waals surface area (Å²) in [4.78, 5) is 18.0. The number of rotatable bonds is 3. The van der Waals surface area contributed by atoms with Gasteiger partial charge in [0.1, 0.15) is 11.9 Å². The van der Waals surface area contributed by atoms with Crippen molar-refractivity contribution in [3.05, 3.63) is 76.7 Å². The fourth-order valence-corrected chi connectivity index (χ4v) is 4.70. The molecule has 1 N–H and O–H groups in total. The number of aromatic nitrogens is 3. The highest BCUT2D eigenvalue weighted by atomic mass is 19.1. The van der Waals surface area contributed by atoms with Crippen molar-refractivity contribution in [2.45, 2.75) is 52.5 Å². The summed E-state index contributed by atoms with van der Waals surface area (Å²) in [5.41, 5.74) is 4.57. The Morgan fingerprint density at radius 3 is 2.41 bits per heavy atom. The minimum absolute atomic E-state index is 0.114. The molecule has 0 saturated carbocycles. The predicted molar refractivity (Wildman–Crippen MR) is 123 cm³/mol. The van der Waals surface area contributed by atoms with Gasteiger partial charge in [-0.15, -0.1) is 5.10 Å². The molecule has 2 aliphatic rings. The van der Waals surface area contributed by atoms with E-state index in [1.165, 1.54) is 17.7 Å². The van der Waals surface area contributed by atoms with Crippen molar-refractivity contribution in [2.75, 3.05) is 5.32 Å². The van der Waals surface area contributed by atoms with Crippen LogP contribution in [0, 0.1) is 11.2 Å². The summed E-state index contributed by atoms with van der Waals surface area (Å²) < 4.78 is 15.2. The van der Waals surface area contributed by atoms with E-state index in [-0.39, 0.29) is 23.1 Å². The zero-order chi connectivity index (χ0) is 22.6. The molecule has 5 rings (SSSR count). The Kier molecular flexibility index (Phi) is 4.77. The van der Waals surface area contributed by atoms with Crippen molar-refractivity contribution >= 4 is 11.7 Å². The Morgan fingerprint density at radius 2 is 1.75 bits per heavy atom. The minimum Gasteiger partial charge on any atom is -0.328 e. The average molecular weight is 431 g/mol. The molecular formula is C26H27FN4O. The summed E-state index contributed by atoms with van der Waals surface area (Å²) in [6.45, 7) is 8.56. The zero-order valence-electron chi connectivity index (χ0n) is 18.8. The van der Waals surface area contributed by atoms with E-state index in [4.69, 9.17) is 10.1 Å². The topological polar surface area (TPSA) is 59.8 Å². The molecule has 32 heavy (non-hydrogen) atoms. The molecule has 164 valence electrons. The number of anilines is 1. The molecule has 0 radical (unpaired) electrons. The van der Waals surface area contributed by atoms with Gasteiger partial charge in [0.2, 0.25) is 5.95 Å². The smallest absolute Gasteiger partial charge is 0.226 e. The third-order valence-corrected chi connectivity index (χ3v) is 6.35. The highest BCUT2D eigenvalue weighted by Gasteiger charge is 2.41. The maximum atomic E-state index is 13.4. The van der Waals surface area contributed by atoms with E-state index in [2.05, 4.69) is 57.3 Å². The number of Topliss-reactive ketones (excluding diaryl/α,β-unsaturated/α-hetero) is 1. The zero-order valence-corrected chi connectivity index (χ0v) is 18.8. The molecule has 1 unspecified atom stereocenters. The van der Waals surface area contributed by atoms with Crippen LogP contribution < -0.4 is 5.32 Å². The van der Waals surface area contributed by atoms with Crippen LogP contribution in [-0.2, 0) is 4.79 Å². The number of ketones is 1. The molecule has 1 aromatic heterocycles. The standard InChI is InChI=1S/C26H27FN4O/c1-15(2)16-5-7-17(8-6-16)23-22-20(13-26(3,4)14-21(22)32)28-25-29-24(30-31(23)25)18-9-11-19(27)12-10-18/h5-12,15,23H,13-14H2,1-4H3,(H,28,29,30). The van der Waals surface area contributed by atoms with Crippen LogP contribution in [0.15, 0.2) is 59.8 Å². The van der Waals surface area contributed by atoms with Crippen LogP contribution in [0.2, 0.25) is 0 Å². The van der Waals surface area contributed by atoms with Crippen LogP contribution in [0.25, 0.3) is 11.4 Å². The van der Waals surface area contributed by atoms with Crippen molar-refractivity contribution in [3.8, 4) is 11.4 Å². The first-order valence-corrected chi connectivity index (χ1v) is 11.1. The van der Waals surface area contributed by atoms with E-state index >= 15 is 0 Å². The molecule has 5 nitrogen and oxygen atoms in total. The Labute approximate surface area is 187 Å². The number of carbonyl (C=O) groups is 1. The summed E-state index contributed by atoms with van der Waals surface area (Å²) in [6.07, 6.45) is 1.27. The van der Waals surface area contributed by atoms with Crippen molar-refractivity contribution in [1.29, 1.82) is 0 Å². The predicted octanol–water partition coefficient (Wildman–Crippen LogP) is 5.87. The normalized spacial score (nSPS) is 19.6. The van der Waals surface area contributed by atoms with Gasteiger partial charge in [-0.05, 0) is 53.1 Å². The molecule has 2 heterocycles. The number of benzene rings is 2. The number of fused-ring (bicyclic) bond motifs is 1. The lowest BCUT2D eigenvalue weighted by atomic mass is 9.73. The van der Waals surface area contributed by atoms with Crippen molar-refractivity contribution in [3.63, 3.8) is 0 Å². The van der Waals surface area contributed by atoms with Gasteiger partial charge in [-0.25, -0.2) is 9.07 Å². The van der Waals surface area contributed by atoms with Gasteiger partial charge in [-0.2, -0.15) is 4.98 Å². The lowest BCUT2D eigenvalue weighted by molar-refractivity contribution is -0.118. The first kappa shape index (κ1) is 20.6. The molecule has 0 amide bonds. The summed E-state index contributed by atoms with van der Waals surface area (Å²) >= 11 is 0. The van der Waals surface area contributed by atoms with Crippen LogP contribution in [0.5, 0.6) is 0 Å². The lowest BCUT2D eigenvalue weighted by Crippen LogP contribution is -2.36. The van der Waals surface area contributed by atoms with E-state index < -0.39 is 0 Å². The fourth-order valence-electron chi connectivity index (χ4n) is 4.70. The van der Waals surface area contributed by atoms with Crippen molar-refractivity contribution < 1.29 is 9.18 Å². The number of halogens is 1. The summed E-state index contributed by atoms with van der Waals surface area (Å²) in [6, 6.07) is 14.2. The molecule has 2 aromatic carbocycles. The summed E-state index contributed by atoms with van der Waals surface area (Å²) in [5, 5.41) is 8.15. The number of carbonyl (C=O) groups excluding carboxylic acids is 1. The van der Waals surface area contributed by atoms with Crippen LogP contribution in [0.3, 0.4) is 0 Å². The number of nitrogens with one attached hydrogen (secondary N) is 1. The molecule has 1 aliphatic heterocycles. The maximum absolute atomic E-state index is 13.4. The van der Waals surface area contributed by atoms with E-state index in [0.717, 1.165) is 28.8 Å². The van der Waals surface area contributed by atoms with E-state index in [9.17, 15) is 9.18 Å². The molecule has 0 bridgehead atoms. The molecule has 0 spiro atoms. The summed E-state index contributed by atoms with van der Waals surface area (Å²) in [7, 11) is 0. The van der Waals surface area contributed by atoms with Crippen LogP contribution in [-0.4, -0.2) is 20.5 Å². The monoisotopic (exact) mass is 430 g/mol. The number of hydrogen-bond donors (Lipinski definition) is 1. The molecule has 0 saturated heterocycles. The molecule has 6 heteroatoms. The van der Waals surface area contributed by atoms with Gasteiger partial charge in [0.05, 0.1) is 0 Å². The van der Waals surface area contributed by atoms with Crippen LogP contribution >= 0.6 is 0 Å². The second-order valence-electron chi connectivity index (χ2n) is 9.89. The largest absolute Gasteiger partial charge is 0.328 e. The van der Waals surface area contributed by atoms with Gasteiger partial charge >= 0.3 is 0 Å². The second-order valence-corrected chi connectivity index (χ2v) is 9.89. The van der Waals surface area contributed by atoms with Crippen molar-refractivity contribution in [1.82, 2.24) is 14.8 Å². The molecular weight excluding hydrogens is 403 g/mol. The molecule has 1 aliphatic carbocycles. The van der Waals surface area contributed by atoms with E-state index in [0.29, 0.717) is 24.1 Å². The van der Waals surface area contributed by atoms with E-state index in [1.54, 1.807) is 16.8 Å². The second kappa shape index (κ2) is 7.40. The number of allylic oxidation sites excluding steroid dienone is 2.